The molecule has 5 heteroatoms. The smallest absolute Gasteiger partial charge is 0.312 e. The van der Waals surface area contributed by atoms with Crippen molar-refractivity contribution >= 4 is 11.9 Å². The Morgan fingerprint density at radius 3 is 2.59 bits per heavy atom. The fourth-order valence-electron chi connectivity index (χ4n) is 3.28. The zero-order valence-corrected chi connectivity index (χ0v) is 13.3. The van der Waals surface area contributed by atoms with Gasteiger partial charge in [0.25, 0.3) is 0 Å². The monoisotopic (exact) mass is 303 g/mol. The molecule has 1 aliphatic rings. The molecule has 1 atom stereocenters. The van der Waals surface area contributed by atoms with Crippen LogP contribution in [0.1, 0.15) is 43.7 Å². The lowest BCUT2D eigenvalue weighted by atomic mass is 9.78. The van der Waals surface area contributed by atoms with E-state index in [0.717, 1.165) is 12.8 Å². The van der Waals surface area contributed by atoms with Crippen molar-refractivity contribution in [2.24, 2.45) is 5.73 Å². The first kappa shape index (κ1) is 16.3. The molecule has 1 unspecified atom stereocenters. The van der Waals surface area contributed by atoms with Crippen molar-refractivity contribution in [3.63, 3.8) is 0 Å². The van der Waals surface area contributed by atoms with Gasteiger partial charge in [0.2, 0.25) is 5.91 Å². The van der Waals surface area contributed by atoms with Crippen LogP contribution in [0.4, 0.5) is 4.79 Å². The van der Waals surface area contributed by atoms with E-state index in [1.807, 2.05) is 0 Å². The molecule has 1 aromatic rings. The predicted octanol–water partition coefficient (Wildman–Crippen LogP) is 1.98. The number of aryl methyl sites for hydroxylation is 1. The van der Waals surface area contributed by atoms with Gasteiger partial charge >= 0.3 is 6.03 Å². The Balaban J connectivity index is 2.06. The summed E-state index contributed by atoms with van der Waals surface area (Å²) in [6.45, 7) is 4.32. The third-order valence-corrected chi connectivity index (χ3v) is 4.54. The van der Waals surface area contributed by atoms with E-state index >= 15 is 0 Å². The number of amides is 3. The molecule has 0 aromatic heterocycles. The zero-order chi connectivity index (χ0) is 16.2. The number of carbonyl (C=O) groups excluding carboxylic acids is 2. The molecular formula is C17H25N3O2. The first-order valence-electron chi connectivity index (χ1n) is 7.84. The van der Waals surface area contributed by atoms with Crippen LogP contribution in [0.3, 0.4) is 0 Å². The summed E-state index contributed by atoms with van der Waals surface area (Å²) in [5.74, 6) is -0.197. The largest absolute Gasteiger partial charge is 0.353 e. The summed E-state index contributed by atoms with van der Waals surface area (Å²) in [6.07, 6.45) is 4.51. The topological polar surface area (TPSA) is 84.2 Å². The van der Waals surface area contributed by atoms with Crippen molar-refractivity contribution in [1.82, 2.24) is 10.6 Å². The molecule has 4 N–H and O–H groups in total. The maximum absolute atomic E-state index is 12.1. The van der Waals surface area contributed by atoms with E-state index in [0.29, 0.717) is 6.54 Å². The van der Waals surface area contributed by atoms with E-state index in [-0.39, 0.29) is 11.3 Å². The summed E-state index contributed by atoms with van der Waals surface area (Å²) in [7, 11) is 0. The summed E-state index contributed by atoms with van der Waals surface area (Å²) in [5, 5.41) is 5.39. The second kappa shape index (κ2) is 6.81. The number of carbonyl (C=O) groups is 2. The molecule has 1 fully saturated rings. The standard InChI is InChI=1S/C17H25N3O2/c1-12-6-5-7-14(10-12)17(8-3-4-9-17)11-19-15(21)13(2)20-16(18)22/h5-7,10,13H,3-4,8-9,11H2,1-2H3,(H,19,21)(H3,18,20,22). The number of hydrogen-bond donors (Lipinski definition) is 3. The molecule has 1 saturated carbocycles. The summed E-state index contributed by atoms with van der Waals surface area (Å²) < 4.78 is 0. The van der Waals surface area contributed by atoms with Crippen LogP contribution in [0, 0.1) is 6.92 Å². The van der Waals surface area contributed by atoms with Gasteiger partial charge in [-0.2, -0.15) is 0 Å². The lowest BCUT2D eigenvalue weighted by Crippen LogP contribution is -2.49. The number of nitrogens with two attached hydrogens (primary N) is 1. The number of primary amides is 1. The van der Waals surface area contributed by atoms with E-state index in [1.165, 1.54) is 24.0 Å². The highest BCUT2D eigenvalue weighted by Crippen LogP contribution is 2.40. The van der Waals surface area contributed by atoms with Gasteiger partial charge in [0.05, 0.1) is 0 Å². The highest BCUT2D eigenvalue weighted by Gasteiger charge is 2.36. The third kappa shape index (κ3) is 3.78. The molecule has 0 bridgehead atoms. The summed E-state index contributed by atoms with van der Waals surface area (Å²) in [4.78, 5) is 22.9. The predicted molar refractivity (Wildman–Crippen MR) is 86.5 cm³/mol. The minimum absolute atomic E-state index is 0.00806. The Bertz CT molecular complexity index is 551. The van der Waals surface area contributed by atoms with E-state index in [4.69, 9.17) is 5.73 Å². The maximum atomic E-state index is 12.1. The molecule has 22 heavy (non-hydrogen) atoms. The van der Waals surface area contributed by atoms with Gasteiger partial charge in [0, 0.05) is 12.0 Å². The minimum Gasteiger partial charge on any atom is -0.353 e. The van der Waals surface area contributed by atoms with Crippen molar-refractivity contribution in [2.75, 3.05) is 6.54 Å². The number of benzene rings is 1. The molecule has 3 amide bonds. The van der Waals surface area contributed by atoms with Gasteiger partial charge in [-0.3, -0.25) is 4.79 Å². The van der Waals surface area contributed by atoms with Crippen LogP contribution >= 0.6 is 0 Å². The van der Waals surface area contributed by atoms with Crippen molar-refractivity contribution in [3.05, 3.63) is 35.4 Å². The van der Waals surface area contributed by atoms with Gasteiger partial charge in [-0.05, 0) is 32.3 Å². The summed E-state index contributed by atoms with van der Waals surface area (Å²) in [6, 6.07) is 7.22. The van der Waals surface area contributed by atoms with Crippen LogP contribution in [0.2, 0.25) is 0 Å². The highest BCUT2D eigenvalue weighted by atomic mass is 16.2. The molecule has 0 heterocycles. The van der Waals surface area contributed by atoms with Gasteiger partial charge in [-0.1, -0.05) is 42.7 Å². The fourth-order valence-corrected chi connectivity index (χ4v) is 3.28. The molecule has 0 aliphatic heterocycles. The van der Waals surface area contributed by atoms with E-state index in [2.05, 4.69) is 41.8 Å². The van der Waals surface area contributed by atoms with E-state index < -0.39 is 12.1 Å². The van der Waals surface area contributed by atoms with Crippen LogP contribution in [-0.2, 0) is 10.2 Å². The highest BCUT2D eigenvalue weighted by molar-refractivity contribution is 5.86. The molecule has 0 radical (unpaired) electrons. The first-order valence-corrected chi connectivity index (χ1v) is 7.84. The fraction of sp³-hybridized carbons (Fsp3) is 0.529. The molecule has 5 nitrogen and oxygen atoms in total. The molecule has 1 aliphatic carbocycles. The van der Waals surface area contributed by atoms with Crippen molar-refractivity contribution < 1.29 is 9.59 Å². The number of rotatable bonds is 5. The van der Waals surface area contributed by atoms with Crippen LogP contribution in [0.5, 0.6) is 0 Å². The molecule has 120 valence electrons. The molecule has 0 saturated heterocycles. The van der Waals surface area contributed by atoms with Crippen molar-refractivity contribution in [1.29, 1.82) is 0 Å². The van der Waals surface area contributed by atoms with Crippen LogP contribution in [0.25, 0.3) is 0 Å². The normalized spacial score (nSPS) is 17.7. The Morgan fingerprint density at radius 1 is 1.32 bits per heavy atom. The second-order valence-electron chi connectivity index (χ2n) is 6.30. The number of urea groups is 1. The Hall–Kier alpha value is -2.04. The Kier molecular flexibility index (Phi) is 5.06. The second-order valence-corrected chi connectivity index (χ2v) is 6.30. The van der Waals surface area contributed by atoms with Crippen molar-refractivity contribution in [3.8, 4) is 0 Å². The van der Waals surface area contributed by atoms with Gasteiger partial charge < -0.3 is 16.4 Å². The number of hydrogen-bond acceptors (Lipinski definition) is 2. The van der Waals surface area contributed by atoms with E-state index in [1.54, 1.807) is 6.92 Å². The zero-order valence-electron chi connectivity index (χ0n) is 13.3. The van der Waals surface area contributed by atoms with Crippen LogP contribution in [0.15, 0.2) is 24.3 Å². The maximum Gasteiger partial charge on any atom is 0.312 e. The molecular weight excluding hydrogens is 278 g/mol. The molecule has 2 rings (SSSR count). The average Bonchev–Trinajstić information content (AvgIpc) is 2.94. The molecule has 1 aromatic carbocycles. The lowest BCUT2D eigenvalue weighted by molar-refractivity contribution is -0.122. The Morgan fingerprint density at radius 2 is 2.00 bits per heavy atom. The SMILES string of the molecule is Cc1cccc(C2(CNC(=O)C(C)NC(N)=O)CCCC2)c1. The minimum atomic E-state index is -0.683. The third-order valence-electron chi connectivity index (χ3n) is 4.54. The van der Waals surface area contributed by atoms with Crippen LogP contribution < -0.4 is 16.4 Å². The van der Waals surface area contributed by atoms with Gasteiger partial charge in [0.15, 0.2) is 0 Å². The van der Waals surface area contributed by atoms with Gasteiger partial charge in [-0.15, -0.1) is 0 Å². The summed E-state index contributed by atoms with van der Waals surface area (Å²) in [5.41, 5.74) is 7.59. The van der Waals surface area contributed by atoms with Crippen LogP contribution in [-0.4, -0.2) is 24.5 Å². The summed E-state index contributed by atoms with van der Waals surface area (Å²) >= 11 is 0. The van der Waals surface area contributed by atoms with Gasteiger partial charge in [0.1, 0.15) is 6.04 Å². The quantitative estimate of drug-likeness (QED) is 0.777. The first-order chi connectivity index (χ1) is 10.4. The number of nitrogens with one attached hydrogen (secondary N) is 2. The van der Waals surface area contributed by atoms with Gasteiger partial charge in [-0.25, -0.2) is 4.79 Å². The van der Waals surface area contributed by atoms with Crippen molar-refractivity contribution in [2.45, 2.75) is 51.0 Å². The van der Waals surface area contributed by atoms with E-state index in [9.17, 15) is 9.59 Å². The Labute approximate surface area is 131 Å². The lowest BCUT2D eigenvalue weighted by Gasteiger charge is -2.31. The molecule has 0 spiro atoms. The average molecular weight is 303 g/mol.